The van der Waals surface area contributed by atoms with Gasteiger partial charge < -0.3 is 0 Å². The minimum absolute atomic E-state index is 0.773. The molecule has 0 aliphatic heterocycles. The maximum Gasteiger partial charge on any atom is 0.147 e. The summed E-state index contributed by atoms with van der Waals surface area (Å²) in [7, 11) is 0. The van der Waals surface area contributed by atoms with Crippen molar-refractivity contribution in [2.24, 2.45) is 0 Å². The zero-order valence-corrected chi connectivity index (χ0v) is 4.59. The first-order chi connectivity index (χ1) is 2.89. The average Bonchev–Trinajstić information content (AvgIpc) is 1.86. The van der Waals surface area contributed by atoms with Crippen molar-refractivity contribution in [3.05, 3.63) is 11.6 Å². The molecule has 0 spiro atoms. The first-order valence-electron chi connectivity index (χ1n) is 1.40. The Kier molecular flexibility index (Phi) is 1.12. The van der Waals surface area contributed by atoms with E-state index >= 15 is 0 Å². The highest BCUT2D eigenvalue weighted by molar-refractivity contribution is 7.82. The zero-order chi connectivity index (χ0) is 4.41. The molecular weight excluding hydrogens is 114 g/mol. The van der Waals surface area contributed by atoms with Gasteiger partial charge in [-0.1, -0.05) is 0 Å². The van der Waals surface area contributed by atoms with Crippen LogP contribution in [0.15, 0.2) is 9.72 Å². The van der Waals surface area contributed by atoms with Crippen molar-refractivity contribution in [1.82, 2.24) is 4.98 Å². The van der Waals surface area contributed by atoms with Crippen LogP contribution in [-0.4, -0.2) is 4.98 Å². The van der Waals surface area contributed by atoms with Crippen LogP contribution in [-0.2, 0) is 0 Å². The Hall–Kier alpha value is -0.0200. The SMILES string of the molecule is Sc1n[c]cs1. The van der Waals surface area contributed by atoms with Gasteiger partial charge in [0.2, 0.25) is 0 Å². The van der Waals surface area contributed by atoms with Crippen LogP contribution in [0.25, 0.3) is 0 Å². The van der Waals surface area contributed by atoms with E-state index in [9.17, 15) is 0 Å². The van der Waals surface area contributed by atoms with Gasteiger partial charge in [0.05, 0.1) is 0 Å². The zero-order valence-electron chi connectivity index (χ0n) is 2.88. The van der Waals surface area contributed by atoms with Gasteiger partial charge in [-0.05, 0) is 0 Å². The second-order valence-corrected chi connectivity index (χ2v) is 2.34. The highest BCUT2D eigenvalue weighted by Crippen LogP contribution is 2.05. The van der Waals surface area contributed by atoms with Crippen LogP contribution in [0.3, 0.4) is 0 Å². The first kappa shape index (κ1) is 4.15. The number of hydrogen-bond donors (Lipinski definition) is 1. The van der Waals surface area contributed by atoms with E-state index in [-0.39, 0.29) is 0 Å². The molecule has 0 amide bonds. The predicted molar refractivity (Wildman–Crippen MR) is 28.2 cm³/mol. The molecule has 0 atom stereocenters. The molecule has 0 aliphatic rings. The van der Waals surface area contributed by atoms with E-state index in [1.54, 1.807) is 5.38 Å². The van der Waals surface area contributed by atoms with Crippen molar-refractivity contribution in [2.45, 2.75) is 4.34 Å². The van der Waals surface area contributed by atoms with E-state index < -0.39 is 0 Å². The van der Waals surface area contributed by atoms with Crippen LogP contribution in [0.4, 0.5) is 0 Å². The first-order valence-corrected chi connectivity index (χ1v) is 2.73. The van der Waals surface area contributed by atoms with Gasteiger partial charge in [0, 0.05) is 5.38 Å². The molecule has 1 radical (unpaired) electrons. The van der Waals surface area contributed by atoms with Crippen LogP contribution in [0.2, 0.25) is 0 Å². The van der Waals surface area contributed by atoms with Crippen molar-refractivity contribution in [3.8, 4) is 0 Å². The quantitative estimate of drug-likeness (QED) is 0.503. The minimum atomic E-state index is 0.773. The van der Waals surface area contributed by atoms with Gasteiger partial charge in [0.15, 0.2) is 0 Å². The molecule has 1 aromatic rings. The number of nitrogens with zero attached hydrogens (tertiary/aromatic N) is 1. The molecule has 1 heterocycles. The summed E-state index contributed by atoms with van der Waals surface area (Å²) in [6.07, 6.45) is 2.62. The van der Waals surface area contributed by atoms with Gasteiger partial charge in [0.25, 0.3) is 0 Å². The number of aromatic nitrogens is 1. The summed E-state index contributed by atoms with van der Waals surface area (Å²) >= 11 is 5.39. The number of thiol groups is 1. The molecule has 0 aliphatic carbocycles. The Morgan fingerprint density at radius 2 is 2.83 bits per heavy atom. The number of rotatable bonds is 0. The summed E-state index contributed by atoms with van der Waals surface area (Å²) in [5.74, 6) is 0. The average molecular weight is 116 g/mol. The van der Waals surface area contributed by atoms with Crippen LogP contribution in [0.5, 0.6) is 0 Å². The van der Waals surface area contributed by atoms with Crippen molar-refractivity contribution >= 4 is 24.0 Å². The lowest BCUT2D eigenvalue weighted by atomic mass is 11.0. The predicted octanol–water partition coefficient (Wildman–Crippen LogP) is 1.23. The fraction of sp³-hybridized carbons (Fsp3) is 0. The molecule has 0 saturated carbocycles. The molecule has 0 N–H and O–H groups in total. The molecule has 1 aromatic heterocycles. The maximum atomic E-state index is 3.91. The van der Waals surface area contributed by atoms with E-state index in [0.717, 1.165) is 4.34 Å². The third-order valence-electron chi connectivity index (χ3n) is 0.377. The monoisotopic (exact) mass is 116 g/mol. The maximum absolute atomic E-state index is 3.91. The van der Waals surface area contributed by atoms with Gasteiger partial charge in [-0.2, -0.15) is 0 Å². The van der Waals surface area contributed by atoms with E-state index in [4.69, 9.17) is 0 Å². The molecule has 0 fully saturated rings. The van der Waals surface area contributed by atoms with Gasteiger partial charge >= 0.3 is 0 Å². The lowest BCUT2D eigenvalue weighted by molar-refractivity contribution is 1.25. The van der Waals surface area contributed by atoms with Gasteiger partial charge in [-0.3, -0.25) is 0 Å². The largest absolute Gasteiger partial charge is 0.228 e. The molecule has 0 saturated heterocycles. The van der Waals surface area contributed by atoms with Crippen LogP contribution < -0.4 is 0 Å². The number of hydrogen-bond acceptors (Lipinski definition) is 3. The summed E-state index contributed by atoms with van der Waals surface area (Å²) in [4.78, 5) is 3.67. The molecule has 0 bridgehead atoms. The third-order valence-corrected chi connectivity index (χ3v) is 1.32. The third kappa shape index (κ3) is 0.725. The minimum Gasteiger partial charge on any atom is -0.228 e. The van der Waals surface area contributed by atoms with Gasteiger partial charge in [-0.15, -0.1) is 24.0 Å². The normalized spacial score (nSPS) is 8.83. The second kappa shape index (κ2) is 1.62. The Labute approximate surface area is 45.4 Å². The summed E-state index contributed by atoms with van der Waals surface area (Å²) in [5, 5.41) is 1.77. The molecule has 31 valence electrons. The molecular formula is C3H2NS2. The van der Waals surface area contributed by atoms with Crippen molar-refractivity contribution in [2.75, 3.05) is 0 Å². The molecule has 1 rings (SSSR count). The lowest BCUT2D eigenvalue weighted by Crippen LogP contribution is -1.50. The molecule has 3 heteroatoms. The number of thiazole rings is 1. The van der Waals surface area contributed by atoms with E-state index in [0.29, 0.717) is 0 Å². The van der Waals surface area contributed by atoms with E-state index in [2.05, 4.69) is 23.8 Å². The highest BCUT2D eigenvalue weighted by Gasteiger charge is 1.78. The topological polar surface area (TPSA) is 12.9 Å². The summed E-state index contributed by atoms with van der Waals surface area (Å²) in [5.41, 5.74) is 0. The second-order valence-electron chi connectivity index (χ2n) is 0.759. The molecule has 0 unspecified atom stereocenters. The van der Waals surface area contributed by atoms with Gasteiger partial charge in [0.1, 0.15) is 10.5 Å². The summed E-state index contributed by atoms with van der Waals surface area (Å²) in [6, 6.07) is 0. The molecule has 6 heavy (non-hydrogen) atoms. The molecule has 0 aromatic carbocycles. The van der Waals surface area contributed by atoms with Crippen molar-refractivity contribution in [1.29, 1.82) is 0 Å². The Balaban J connectivity index is 3.05. The Morgan fingerprint density at radius 3 is 3.00 bits per heavy atom. The fourth-order valence-electron chi connectivity index (χ4n) is 0.187. The van der Waals surface area contributed by atoms with Crippen LogP contribution in [0.1, 0.15) is 0 Å². The Morgan fingerprint density at radius 1 is 2.00 bits per heavy atom. The smallest absolute Gasteiger partial charge is 0.147 e. The summed E-state index contributed by atoms with van der Waals surface area (Å²) in [6.45, 7) is 0. The Bertz CT molecular complexity index is 112. The standard InChI is InChI=1S/C3H2NS2/c5-3-4-1-2-6-3/h2H,(H,4,5). The molecule has 1 nitrogen and oxygen atoms in total. The van der Waals surface area contributed by atoms with E-state index in [1.807, 2.05) is 0 Å². The van der Waals surface area contributed by atoms with Gasteiger partial charge in [-0.25, -0.2) is 4.98 Å². The van der Waals surface area contributed by atoms with Crippen LogP contribution >= 0.6 is 24.0 Å². The van der Waals surface area contributed by atoms with Crippen LogP contribution in [0, 0.1) is 6.20 Å². The van der Waals surface area contributed by atoms with E-state index in [1.165, 1.54) is 11.3 Å². The fourth-order valence-corrected chi connectivity index (χ4v) is 0.719. The lowest BCUT2D eigenvalue weighted by Gasteiger charge is -1.63. The van der Waals surface area contributed by atoms with Crippen molar-refractivity contribution in [3.63, 3.8) is 0 Å². The highest BCUT2D eigenvalue weighted by atomic mass is 32.2. The summed E-state index contributed by atoms with van der Waals surface area (Å²) < 4.78 is 0.773. The van der Waals surface area contributed by atoms with Crippen molar-refractivity contribution < 1.29 is 0 Å².